The van der Waals surface area contributed by atoms with Gasteiger partial charge in [-0.25, -0.2) is 4.79 Å². The third-order valence-corrected chi connectivity index (χ3v) is 4.94. The Balaban J connectivity index is 1.63. The summed E-state index contributed by atoms with van der Waals surface area (Å²) in [4.78, 5) is 12.3. The maximum atomic E-state index is 12.3. The van der Waals surface area contributed by atoms with Crippen LogP contribution in [0.3, 0.4) is 0 Å². The highest BCUT2D eigenvalue weighted by Crippen LogP contribution is 2.43. The maximum absolute atomic E-state index is 12.3. The lowest BCUT2D eigenvalue weighted by Crippen LogP contribution is -2.46. The van der Waals surface area contributed by atoms with Gasteiger partial charge in [-0.3, -0.25) is 0 Å². The second-order valence-corrected chi connectivity index (χ2v) is 6.37. The Morgan fingerprint density at radius 3 is 2.44 bits per heavy atom. The molecule has 1 aliphatic rings. The predicted octanol–water partition coefficient (Wildman–Crippen LogP) is 3.95. The van der Waals surface area contributed by atoms with Crippen LogP contribution in [0.5, 0.6) is 11.5 Å². The van der Waals surface area contributed by atoms with E-state index in [0.29, 0.717) is 23.7 Å². The van der Waals surface area contributed by atoms with E-state index in [-0.39, 0.29) is 11.4 Å². The van der Waals surface area contributed by atoms with Gasteiger partial charge < -0.3 is 20.1 Å². The number of anilines is 1. The summed E-state index contributed by atoms with van der Waals surface area (Å²) in [7, 11) is 3.16. The largest absolute Gasteiger partial charge is 0.497 e. The Labute approximate surface area is 148 Å². The standard InChI is InChI=1S/C20H24N2O3/c1-24-16-9-10-17(18(13-16)25-2)22-19(23)21-14-20(11-6-12-20)15-7-4-3-5-8-15/h3-5,7-10,13H,6,11-12,14H2,1-2H3,(H2,21,22,23). The zero-order valence-electron chi connectivity index (χ0n) is 14.7. The monoisotopic (exact) mass is 340 g/mol. The van der Waals surface area contributed by atoms with Gasteiger partial charge in [-0.15, -0.1) is 0 Å². The maximum Gasteiger partial charge on any atom is 0.319 e. The van der Waals surface area contributed by atoms with Crippen molar-refractivity contribution in [2.75, 3.05) is 26.1 Å². The lowest BCUT2D eigenvalue weighted by molar-refractivity contribution is 0.222. The highest BCUT2D eigenvalue weighted by atomic mass is 16.5. The number of rotatable bonds is 6. The molecule has 132 valence electrons. The fourth-order valence-electron chi connectivity index (χ4n) is 3.28. The number of carbonyl (C=O) groups is 1. The van der Waals surface area contributed by atoms with E-state index in [0.717, 1.165) is 12.8 Å². The number of amides is 2. The molecular formula is C20H24N2O3. The number of methoxy groups -OCH3 is 2. The van der Waals surface area contributed by atoms with Gasteiger partial charge in [0.25, 0.3) is 0 Å². The predicted molar refractivity (Wildman–Crippen MR) is 98.5 cm³/mol. The minimum absolute atomic E-state index is 0.0581. The minimum atomic E-state index is -0.231. The van der Waals surface area contributed by atoms with Gasteiger partial charge in [-0.1, -0.05) is 36.8 Å². The molecule has 0 aromatic heterocycles. The van der Waals surface area contributed by atoms with E-state index in [2.05, 4.69) is 34.9 Å². The third-order valence-electron chi connectivity index (χ3n) is 4.94. The molecule has 0 unspecified atom stereocenters. The first-order chi connectivity index (χ1) is 12.2. The van der Waals surface area contributed by atoms with Gasteiger partial charge in [0.1, 0.15) is 11.5 Å². The van der Waals surface area contributed by atoms with Crippen LogP contribution < -0.4 is 20.1 Å². The van der Waals surface area contributed by atoms with Crippen LogP contribution in [0.15, 0.2) is 48.5 Å². The van der Waals surface area contributed by atoms with Gasteiger partial charge in [0, 0.05) is 18.0 Å². The molecule has 3 rings (SSSR count). The Morgan fingerprint density at radius 1 is 1.08 bits per heavy atom. The van der Waals surface area contributed by atoms with Crippen molar-refractivity contribution in [3.05, 3.63) is 54.1 Å². The Bertz CT molecular complexity index is 727. The number of hydrogen-bond acceptors (Lipinski definition) is 3. The number of carbonyl (C=O) groups excluding carboxylic acids is 1. The summed E-state index contributed by atoms with van der Waals surface area (Å²) in [5.41, 5.74) is 1.97. The van der Waals surface area contributed by atoms with Crippen molar-refractivity contribution < 1.29 is 14.3 Å². The molecular weight excluding hydrogens is 316 g/mol. The molecule has 0 saturated heterocycles. The molecule has 1 saturated carbocycles. The third kappa shape index (κ3) is 3.71. The average Bonchev–Trinajstić information content (AvgIpc) is 2.62. The smallest absolute Gasteiger partial charge is 0.319 e. The fraction of sp³-hybridized carbons (Fsp3) is 0.350. The number of hydrogen-bond donors (Lipinski definition) is 2. The van der Waals surface area contributed by atoms with Crippen LogP contribution in [-0.4, -0.2) is 26.8 Å². The summed E-state index contributed by atoms with van der Waals surface area (Å²) in [6.07, 6.45) is 3.40. The van der Waals surface area contributed by atoms with Crippen LogP contribution in [0.1, 0.15) is 24.8 Å². The Morgan fingerprint density at radius 2 is 1.84 bits per heavy atom. The van der Waals surface area contributed by atoms with E-state index >= 15 is 0 Å². The van der Waals surface area contributed by atoms with Crippen molar-refractivity contribution in [2.45, 2.75) is 24.7 Å². The van der Waals surface area contributed by atoms with Crippen LogP contribution in [0.25, 0.3) is 0 Å². The summed E-state index contributed by atoms with van der Waals surface area (Å²) in [5.74, 6) is 1.25. The molecule has 1 aliphatic carbocycles. The normalized spacial score (nSPS) is 15.0. The second kappa shape index (κ2) is 7.47. The van der Waals surface area contributed by atoms with Crippen molar-refractivity contribution in [1.82, 2.24) is 5.32 Å². The van der Waals surface area contributed by atoms with Gasteiger partial charge in [0.2, 0.25) is 0 Å². The first kappa shape index (κ1) is 17.1. The molecule has 25 heavy (non-hydrogen) atoms. The Kier molecular flexibility index (Phi) is 5.12. The molecule has 0 bridgehead atoms. The molecule has 5 heteroatoms. The van der Waals surface area contributed by atoms with E-state index in [4.69, 9.17) is 9.47 Å². The van der Waals surface area contributed by atoms with Crippen molar-refractivity contribution in [1.29, 1.82) is 0 Å². The van der Waals surface area contributed by atoms with Crippen molar-refractivity contribution in [2.24, 2.45) is 0 Å². The van der Waals surface area contributed by atoms with Crippen LogP contribution in [0.4, 0.5) is 10.5 Å². The minimum Gasteiger partial charge on any atom is -0.497 e. The molecule has 0 radical (unpaired) electrons. The van der Waals surface area contributed by atoms with Gasteiger partial charge in [-0.2, -0.15) is 0 Å². The number of nitrogens with one attached hydrogen (secondary N) is 2. The molecule has 1 fully saturated rings. The van der Waals surface area contributed by atoms with Gasteiger partial charge in [0.15, 0.2) is 0 Å². The zero-order chi connectivity index (χ0) is 17.7. The van der Waals surface area contributed by atoms with Crippen LogP contribution >= 0.6 is 0 Å². The second-order valence-electron chi connectivity index (χ2n) is 6.37. The van der Waals surface area contributed by atoms with Gasteiger partial charge >= 0.3 is 6.03 Å². The molecule has 2 aromatic carbocycles. The van der Waals surface area contributed by atoms with Crippen LogP contribution in [0, 0.1) is 0 Å². The summed E-state index contributed by atoms with van der Waals surface area (Å²) in [5, 5.41) is 5.87. The summed E-state index contributed by atoms with van der Waals surface area (Å²) >= 11 is 0. The Hall–Kier alpha value is -2.69. The molecule has 0 spiro atoms. The lowest BCUT2D eigenvalue weighted by Gasteiger charge is -2.42. The van der Waals surface area contributed by atoms with E-state index in [1.54, 1.807) is 32.4 Å². The number of ether oxygens (including phenoxy) is 2. The number of urea groups is 1. The molecule has 0 heterocycles. The first-order valence-corrected chi connectivity index (χ1v) is 8.49. The molecule has 2 aromatic rings. The highest BCUT2D eigenvalue weighted by Gasteiger charge is 2.38. The molecule has 0 aliphatic heterocycles. The highest BCUT2D eigenvalue weighted by molar-refractivity contribution is 5.91. The summed E-state index contributed by atoms with van der Waals surface area (Å²) in [6, 6.07) is 15.5. The van der Waals surface area contributed by atoms with E-state index in [1.165, 1.54) is 12.0 Å². The van der Waals surface area contributed by atoms with Crippen molar-refractivity contribution in [3.63, 3.8) is 0 Å². The topological polar surface area (TPSA) is 59.6 Å². The molecule has 2 N–H and O–H groups in total. The summed E-state index contributed by atoms with van der Waals surface area (Å²) < 4.78 is 10.5. The molecule has 0 atom stereocenters. The van der Waals surface area contributed by atoms with E-state index in [9.17, 15) is 4.79 Å². The van der Waals surface area contributed by atoms with E-state index in [1.807, 2.05) is 6.07 Å². The molecule has 5 nitrogen and oxygen atoms in total. The fourth-order valence-corrected chi connectivity index (χ4v) is 3.28. The average molecular weight is 340 g/mol. The van der Waals surface area contributed by atoms with E-state index < -0.39 is 0 Å². The SMILES string of the molecule is COc1ccc(NC(=O)NCC2(c3ccccc3)CCC2)c(OC)c1. The van der Waals surface area contributed by atoms with Crippen LogP contribution in [0.2, 0.25) is 0 Å². The molecule has 2 amide bonds. The van der Waals surface area contributed by atoms with Gasteiger partial charge in [0.05, 0.1) is 19.9 Å². The van der Waals surface area contributed by atoms with Gasteiger partial charge in [-0.05, 0) is 30.5 Å². The lowest BCUT2D eigenvalue weighted by atomic mass is 9.64. The first-order valence-electron chi connectivity index (χ1n) is 8.49. The quantitative estimate of drug-likeness (QED) is 0.837. The zero-order valence-corrected chi connectivity index (χ0v) is 14.7. The summed E-state index contributed by atoms with van der Waals surface area (Å²) in [6.45, 7) is 0.626. The van der Waals surface area contributed by atoms with Crippen molar-refractivity contribution >= 4 is 11.7 Å². The van der Waals surface area contributed by atoms with Crippen molar-refractivity contribution in [3.8, 4) is 11.5 Å². The number of benzene rings is 2. The van der Waals surface area contributed by atoms with Crippen LogP contribution in [-0.2, 0) is 5.41 Å².